The van der Waals surface area contributed by atoms with E-state index in [1.807, 2.05) is 36.9 Å². The van der Waals surface area contributed by atoms with Gasteiger partial charge in [-0.05, 0) is 60.6 Å². The Labute approximate surface area is 188 Å². The molecule has 1 atom stereocenters. The lowest BCUT2D eigenvalue weighted by molar-refractivity contribution is -0.141. The van der Waals surface area contributed by atoms with E-state index in [-0.39, 0.29) is 11.8 Å². The maximum atomic E-state index is 13.3. The normalized spacial score (nSPS) is 15.5. The summed E-state index contributed by atoms with van der Waals surface area (Å²) >= 11 is 0. The van der Waals surface area contributed by atoms with E-state index >= 15 is 0 Å². The van der Waals surface area contributed by atoms with E-state index in [1.54, 1.807) is 25.3 Å². The van der Waals surface area contributed by atoms with Crippen LogP contribution >= 0.6 is 0 Å². The van der Waals surface area contributed by atoms with Crippen LogP contribution in [0.5, 0.6) is 11.5 Å². The van der Waals surface area contributed by atoms with Crippen molar-refractivity contribution in [1.29, 1.82) is 5.26 Å². The summed E-state index contributed by atoms with van der Waals surface area (Å²) in [6.45, 7) is 5.33. The topological polar surface area (TPSA) is 78.3 Å². The molecule has 1 fully saturated rings. The van der Waals surface area contributed by atoms with Gasteiger partial charge in [-0.3, -0.25) is 4.79 Å². The number of hydrogen-bond donors (Lipinski definition) is 1. The van der Waals surface area contributed by atoms with E-state index in [0.717, 1.165) is 24.1 Å². The molecule has 1 N–H and O–H groups in total. The Morgan fingerprint density at radius 2 is 1.94 bits per heavy atom. The number of methoxy groups -OCH3 is 1. The molecule has 0 aliphatic carbocycles. The van der Waals surface area contributed by atoms with Gasteiger partial charge >= 0.3 is 0 Å². The number of rotatable bonds is 6. The number of nitrogens with zero attached hydrogens (tertiary/aromatic N) is 2. The fraction of sp³-hybridized carbons (Fsp3) is 0.385. The maximum absolute atomic E-state index is 13.3. The molecule has 0 bridgehead atoms. The first-order chi connectivity index (χ1) is 15.5. The van der Waals surface area contributed by atoms with Gasteiger partial charge in [0.15, 0.2) is 6.10 Å². The third-order valence-electron chi connectivity index (χ3n) is 6.28. The summed E-state index contributed by atoms with van der Waals surface area (Å²) in [7, 11) is 1.68. The van der Waals surface area contributed by atoms with Crippen LogP contribution in [-0.2, 0) is 4.79 Å². The van der Waals surface area contributed by atoms with Crippen LogP contribution in [0.15, 0.2) is 48.7 Å². The number of carbonyl (C=O) groups is 1. The number of para-hydroxylation sites is 1. The zero-order valence-electron chi connectivity index (χ0n) is 18.8. The number of nitrogens with one attached hydrogen (secondary N) is 1. The number of H-pyrrole nitrogens is 1. The molecule has 0 spiro atoms. The molecule has 1 amide bonds. The van der Waals surface area contributed by atoms with Gasteiger partial charge in [-0.1, -0.05) is 26.0 Å². The van der Waals surface area contributed by atoms with Gasteiger partial charge in [-0.15, -0.1) is 0 Å². The van der Waals surface area contributed by atoms with Crippen LogP contribution in [0.25, 0.3) is 10.9 Å². The summed E-state index contributed by atoms with van der Waals surface area (Å²) in [4.78, 5) is 18.6. The number of hydrogen-bond acceptors (Lipinski definition) is 4. The lowest BCUT2D eigenvalue weighted by atomic mass is 9.88. The smallest absolute Gasteiger partial charge is 0.263 e. The number of likely N-dealkylation sites (tertiary alicyclic amines) is 1. The van der Waals surface area contributed by atoms with Gasteiger partial charge in [0.25, 0.3) is 5.91 Å². The molecule has 3 aromatic rings. The Balaban J connectivity index is 1.46. The van der Waals surface area contributed by atoms with Crippen LogP contribution < -0.4 is 9.47 Å². The minimum absolute atomic E-state index is 0.00643. The van der Waals surface area contributed by atoms with Crippen LogP contribution in [0.3, 0.4) is 0 Å². The molecule has 166 valence electrons. The molecule has 0 saturated carbocycles. The van der Waals surface area contributed by atoms with Gasteiger partial charge in [0, 0.05) is 30.2 Å². The van der Waals surface area contributed by atoms with Gasteiger partial charge in [0.2, 0.25) is 0 Å². The Morgan fingerprint density at radius 3 is 2.62 bits per heavy atom. The van der Waals surface area contributed by atoms with E-state index in [1.165, 1.54) is 10.9 Å². The van der Waals surface area contributed by atoms with Crippen LogP contribution in [-0.4, -0.2) is 42.1 Å². The fourth-order valence-electron chi connectivity index (χ4n) is 4.45. The zero-order valence-corrected chi connectivity index (χ0v) is 18.8. The van der Waals surface area contributed by atoms with Gasteiger partial charge < -0.3 is 19.4 Å². The highest BCUT2D eigenvalue weighted by Gasteiger charge is 2.33. The van der Waals surface area contributed by atoms with Crippen LogP contribution in [0.4, 0.5) is 0 Å². The quantitative estimate of drug-likeness (QED) is 0.605. The monoisotopic (exact) mass is 431 g/mol. The molecule has 1 aliphatic rings. The molecule has 2 aromatic carbocycles. The Kier molecular flexibility index (Phi) is 6.36. The van der Waals surface area contributed by atoms with Crippen molar-refractivity contribution in [2.75, 3.05) is 20.2 Å². The minimum Gasteiger partial charge on any atom is -0.497 e. The molecule has 1 aliphatic heterocycles. The fourth-order valence-corrected chi connectivity index (χ4v) is 4.45. The number of ether oxygens (including phenoxy) is 2. The number of fused-ring (bicyclic) bond motifs is 1. The highest BCUT2D eigenvalue weighted by molar-refractivity contribution is 5.85. The molecule has 6 nitrogen and oxygen atoms in total. The van der Waals surface area contributed by atoms with Crippen molar-refractivity contribution in [3.05, 3.63) is 59.8 Å². The average Bonchev–Trinajstić information content (AvgIpc) is 3.25. The largest absolute Gasteiger partial charge is 0.497 e. The summed E-state index contributed by atoms with van der Waals surface area (Å²) < 4.78 is 11.5. The van der Waals surface area contributed by atoms with E-state index in [2.05, 4.69) is 23.3 Å². The highest BCUT2D eigenvalue weighted by atomic mass is 16.5. The number of amides is 1. The third-order valence-corrected chi connectivity index (χ3v) is 6.28. The second-order valence-electron chi connectivity index (χ2n) is 8.65. The standard InChI is InChI=1S/C26H29N3O3/c1-17(2)25(32-24-7-5-4-6-19(24)15-27)26(30)29-12-10-18(11-13-29)22-16-28-23-9-8-20(31-3)14-21(22)23/h4-9,14,16-18,25,28H,10-13H2,1-3H3. The highest BCUT2D eigenvalue weighted by Crippen LogP contribution is 2.35. The van der Waals surface area contributed by atoms with Crippen LogP contribution in [0, 0.1) is 17.2 Å². The van der Waals surface area contributed by atoms with Crippen molar-refractivity contribution in [1.82, 2.24) is 9.88 Å². The van der Waals surface area contributed by atoms with Gasteiger partial charge in [0.05, 0.1) is 12.7 Å². The van der Waals surface area contributed by atoms with Crippen molar-refractivity contribution in [3.63, 3.8) is 0 Å². The second-order valence-corrected chi connectivity index (χ2v) is 8.65. The first-order valence-corrected chi connectivity index (χ1v) is 11.1. The zero-order chi connectivity index (χ0) is 22.7. The average molecular weight is 432 g/mol. The number of aromatic nitrogens is 1. The predicted molar refractivity (Wildman–Crippen MR) is 124 cm³/mol. The second kappa shape index (κ2) is 9.35. The SMILES string of the molecule is COc1ccc2[nH]cc(C3CCN(C(=O)C(Oc4ccccc4C#N)C(C)C)CC3)c2c1. The van der Waals surface area contributed by atoms with Crippen molar-refractivity contribution in [3.8, 4) is 17.6 Å². The summed E-state index contributed by atoms with van der Waals surface area (Å²) in [5.41, 5.74) is 2.83. The minimum atomic E-state index is -0.613. The lowest BCUT2D eigenvalue weighted by Gasteiger charge is -2.35. The van der Waals surface area contributed by atoms with Crippen LogP contribution in [0.2, 0.25) is 0 Å². The third kappa shape index (κ3) is 4.29. The summed E-state index contributed by atoms with van der Waals surface area (Å²) in [5.74, 6) is 1.68. The number of carbonyl (C=O) groups excluding carboxylic acids is 1. The van der Waals surface area contributed by atoms with Crippen molar-refractivity contribution < 1.29 is 14.3 Å². The van der Waals surface area contributed by atoms with E-state index in [9.17, 15) is 10.1 Å². The Hall–Kier alpha value is -3.46. The van der Waals surface area contributed by atoms with Crippen molar-refractivity contribution in [2.45, 2.75) is 38.7 Å². The van der Waals surface area contributed by atoms with E-state index < -0.39 is 6.10 Å². The summed E-state index contributed by atoms with van der Waals surface area (Å²) in [5, 5.41) is 10.5. The Bertz CT molecular complexity index is 1140. The van der Waals surface area contributed by atoms with Gasteiger partial charge in [0.1, 0.15) is 17.6 Å². The molecular weight excluding hydrogens is 402 g/mol. The molecule has 4 rings (SSSR count). The maximum Gasteiger partial charge on any atom is 0.263 e. The number of piperidine rings is 1. The number of aromatic amines is 1. The first kappa shape index (κ1) is 21.8. The van der Waals surface area contributed by atoms with E-state index in [0.29, 0.717) is 30.3 Å². The summed E-state index contributed by atoms with van der Waals surface area (Å²) in [6.07, 6.45) is 3.27. The molecule has 2 heterocycles. The number of nitriles is 1. The predicted octanol–water partition coefficient (Wildman–Crippen LogP) is 4.86. The molecule has 6 heteroatoms. The van der Waals surface area contributed by atoms with Gasteiger partial charge in [-0.2, -0.15) is 5.26 Å². The summed E-state index contributed by atoms with van der Waals surface area (Å²) in [6, 6.07) is 15.3. The molecule has 1 saturated heterocycles. The van der Waals surface area contributed by atoms with Gasteiger partial charge in [-0.25, -0.2) is 0 Å². The number of benzene rings is 2. The van der Waals surface area contributed by atoms with Crippen LogP contribution in [0.1, 0.15) is 43.7 Å². The molecule has 32 heavy (non-hydrogen) atoms. The molecule has 1 aromatic heterocycles. The molecular formula is C26H29N3O3. The van der Waals surface area contributed by atoms with E-state index in [4.69, 9.17) is 9.47 Å². The van der Waals surface area contributed by atoms with Crippen molar-refractivity contribution >= 4 is 16.8 Å². The lowest BCUT2D eigenvalue weighted by Crippen LogP contribution is -2.47. The first-order valence-electron chi connectivity index (χ1n) is 11.1. The van der Waals surface area contributed by atoms with Crippen molar-refractivity contribution in [2.24, 2.45) is 5.92 Å². The Morgan fingerprint density at radius 1 is 1.19 bits per heavy atom. The molecule has 0 radical (unpaired) electrons. The molecule has 1 unspecified atom stereocenters.